The molecule has 7 heteroatoms. The number of hydrogen-bond donors (Lipinski definition) is 2. The molecule has 2 rings (SSSR count). The molecule has 0 saturated heterocycles. The molecule has 0 aliphatic carbocycles. The fourth-order valence-electron chi connectivity index (χ4n) is 3.18. The van der Waals surface area contributed by atoms with Gasteiger partial charge in [-0.1, -0.05) is 63.4 Å². The first-order valence-electron chi connectivity index (χ1n) is 10.6. The maximum atomic E-state index is 4.83. The van der Waals surface area contributed by atoms with Gasteiger partial charge in [0.1, 0.15) is 12.2 Å². The Morgan fingerprint density at radius 2 is 1.86 bits per heavy atom. The van der Waals surface area contributed by atoms with Crippen LogP contribution in [0.5, 0.6) is 0 Å². The smallest absolute Gasteiger partial charge is 0.192 e. The molecule has 0 saturated carbocycles. The first-order valence-corrected chi connectivity index (χ1v) is 10.6. The van der Waals surface area contributed by atoms with Crippen LogP contribution in [-0.4, -0.2) is 33.3 Å². The summed E-state index contributed by atoms with van der Waals surface area (Å²) in [7, 11) is 0. The number of hydrogen-bond acceptors (Lipinski definition) is 3. The maximum absolute atomic E-state index is 4.83. The second-order valence-corrected chi connectivity index (χ2v) is 7.34. The van der Waals surface area contributed by atoms with Gasteiger partial charge in [-0.2, -0.15) is 0 Å². The van der Waals surface area contributed by atoms with Crippen molar-refractivity contribution >= 4 is 29.9 Å². The van der Waals surface area contributed by atoms with Crippen LogP contribution in [0.1, 0.15) is 70.8 Å². The lowest BCUT2D eigenvalue weighted by atomic mass is 10.1. The fourth-order valence-corrected chi connectivity index (χ4v) is 3.18. The third-order valence-electron chi connectivity index (χ3n) is 4.90. The zero-order valence-electron chi connectivity index (χ0n) is 18.3. The molecule has 2 atom stereocenters. The van der Waals surface area contributed by atoms with Crippen LogP contribution in [0.4, 0.5) is 0 Å². The Hall–Kier alpha value is -1.64. The highest BCUT2D eigenvalue weighted by molar-refractivity contribution is 14.0. The number of aromatic nitrogens is 3. The summed E-state index contributed by atoms with van der Waals surface area (Å²) >= 11 is 0. The van der Waals surface area contributed by atoms with E-state index in [1.54, 1.807) is 6.33 Å². The molecule has 2 aromatic rings. The molecule has 162 valence electrons. The second-order valence-electron chi connectivity index (χ2n) is 7.34. The van der Waals surface area contributed by atoms with Crippen LogP contribution < -0.4 is 10.6 Å². The van der Waals surface area contributed by atoms with E-state index in [1.807, 2.05) is 6.07 Å². The van der Waals surface area contributed by atoms with Crippen molar-refractivity contribution < 1.29 is 0 Å². The molecule has 29 heavy (non-hydrogen) atoms. The van der Waals surface area contributed by atoms with Gasteiger partial charge in [-0.25, -0.2) is 0 Å². The van der Waals surface area contributed by atoms with Gasteiger partial charge in [0.05, 0.1) is 12.6 Å². The Morgan fingerprint density at radius 3 is 2.55 bits per heavy atom. The molecular weight excluding hydrogens is 475 g/mol. The van der Waals surface area contributed by atoms with Crippen molar-refractivity contribution in [1.29, 1.82) is 0 Å². The standard InChI is InChI=1S/C22H36N6.HI/c1-5-7-9-12-18(3)25-22(26-19(4)20-13-10-8-11-14-20)23-15-16-28-17-24-27-21(28)6-2;/h8,10-11,13-14,17-19H,5-7,9,12,15-16H2,1-4H3,(H2,23,25,26);1H. The van der Waals surface area contributed by atoms with Crippen LogP contribution in [0.3, 0.4) is 0 Å². The van der Waals surface area contributed by atoms with E-state index in [0.29, 0.717) is 12.6 Å². The fraction of sp³-hybridized carbons (Fsp3) is 0.591. The second kappa shape index (κ2) is 14.4. The Morgan fingerprint density at radius 1 is 1.10 bits per heavy atom. The highest BCUT2D eigenvalue weighted by Gasteiger charge is 2.11. The first kappa shape index (κ1) is 25.4. The molecule has 0 bridgehead atoms. The summed E-state index contributed by atoms with van der Waals surface area (Å²) < 4.78 is 2.08. The van der Waals surface area contributed by atoms with E-state index >= 15 is 0 Å². The van der Waals surface area contributed by atoms with Gasteiger partial charge in [-0.15, -0.1) is 34.2 Å². The van der Waals surface area contributed by atoms with E-state index in [4.69, 9.17) is 4.99 Å². The highest BCUT2D eigenvalue weighted by atomic mass is 127. The number of unbranched alkanes of at least 4 members (excludes halogenated alkanes) is 2. The maximum Gasteiger partial charge on any atom is 0.192 e. The van der Waals surface area contributed by atoms with Crippen molar-refractivity contribution in [2.24, 2.45) is 4.99 Å². The van der Waals surface area contributed by atoms with Crippen LogP contribution >= 0.6 is 24.0 Å². The van der Waals surface area contributed by atoms with Crippen LogP contribution in [0.2, 0.25) is 0 Å². The number of halogens is 1. The molecule has 2 N–H and O–H groups in total. The van der Waals surface area contributed by atoms with Gasteiger partial charge < -0.3 is 15.2 Å². The van der Waals surface area contributed by atoms with Crippen molar-refractivity contribution in [3.63, 3.8) is 0 Å². The number of guanidine groups is 1. The monoisotopic (exact) mass is 512 g/mol. The summed E-state index contributed by atoms with van der Waals surface area (Å²) in [6.07, 6.45) is 7.59. The lowest BCUT2D eigenvalue weighted by Gasteiger charge is -2.22. The van der Waals surface area contributed by atoms with Crippen molar-refractivity contribution in [3.05, 3.63) is 48.0 Å². The normalized spacial score (nSPS) is 13.4. The topological polar surface area (TPSA) is 67.1 Å². The predicted octanol–water partition coefficient (Wildman–Crippen LogP) is 4.72. The van der Waals surface area contributed by atoms with Gasteiger partial charge >= 0.3 is 0 Å². The van der Waals surface area contributed by atoms with Gasteiger partial charge in [0, 0.05) is 19.0 Å². The summed E-state index contributed by atoms with van der Waals surface area (Å²) in [6.45, 7) is 10.2. The third kappa shape index (κ3) is 9.14. The van der Waals surface area contributed by atoms with Gasteiger partial charge in [-0.05, 0) is 25.8 Å². The number of aryl methyl sites for hydroxylation is 1. The largest absolute Gasteiger partial charge is 0.354 e. The molecule has 0 fully saturated rings. The van der Waals surface area contributed by atoms with Gasteiger partial charge in [0.2, 0.25) is 0 Å². The van der Waals surface area contributed by atoms with Crippen molar-refractivity contribution in [3.8, 4) is 0 Å². The Bertz CT molecular complexity index is 700. The van der Waals surface area contributed by atoms with E-state index in [-0.39, 0.29) is 30.0 Å². The average Bonchev–Trinajstić information content (AvgIpc) is 3.16. The number of aliphatic imine (C=N–C) groups is 1. The van der Waals surface area contributed by atoms with Gasteiger partial charge in [-0.3, -0.25) is 4.99 Å². The SMILES string of the molecule is CCCCCC(C)NC(=NCCn1cnnc1CC)NC(C)c1ccccc1.I. The zero-order chi connectivity index (χ0) is 20.2. The minimum atomic E-state index is 0. The average molecular weight is 512 g/mol. The van der Waals surface area contributed by atoms with Crippen LogP contribution in [0.25, 0.3) is 0 Å². The summed E-state index contributed by atoms with van der Waals surface area (Å²) in [5, 5.41) is 15.3. The summed E-state index contributed by atoms with van der Waals surface area (Å²) in [5.41, 5.74) is 1.25. The van der Waals surface area contributed by atoms with Crippen LogP contribution in [0, 0.1) is 0 Å². The van der Waals surface area contributed by atoms with E-state index in [0.717, 1.165) is 31.2 Å². The highest BCUT2D eigenvalue weighted by Crippen LogP contribution is 2.11. The lowest BCUT2D eigenvalue weighted by molar-refractivity contribution is 0.539. The molecule has 6 nitrogen and oxygen atoms in total. The minimum Gasteiger partial charge on any atom is -0.354 e. The summed E-state index contributed by atoms with van der Waals surface area (Å²) in [6, 6.07) is 11.1. The number of nitrogens with one attached hydrogen (secondary N) is 2. The molecule has 1 aromatic carbocycles. The molecular formula is C22H37IN6. The van der Waals surface area contributed by atoms with Crippen LogP contribution in [-0.2, 0) is 13.0 Å². The quantitative estimate of drug-likeness (QED) is 0.198. The molecule has 1 aromatic heterocycles. The van der Waals surface area contributed by atoms with Crippen molar-refractivity contribution in [2.45, 2.75) is 78.4 Å². The molecule has 0 aliphatic heterocycles. The van der Waals surface area contributed by atoms with E-state index in [9.17, 15) is 0 Å². The Balaban J connectivity index is 0.00000420. The first-order chi connectivity index (χ1) is 13.6. The molecule has 0 radical (unpaired) electrons. The number of nitrogens with zero attached hydrogens (tertiary/aromatic N) is 4. The van der Waals surface area contributed by atoms with Crippen molar-refractivity contribution in [1.82, 2.24) is 25.4 Å². The third-order valence-corrected chi connectivity index (χ3v) is 4.90. The van der Waals surface area contributed by atoms with E-state index in [1.165, 1.54) is 24.8 Å². The lowest BCUT2D eigenvalue weighted by Crippen LogP contribution is -2.43. The Kier molecular flexibility index (Phi) is 12.6. The van der Waals surface area contributed by atoms with E-state index in [2.05, 4.69) is 77.4 Å². The van der Waals surface area contributed by atoms with Crippen molar-refractivity contribution in [2.75, 3.05) is 6.54 Å². The predicted molar refractivity (Wildman–Crippen MR) is 132 cm³/mol. The number of rotatable bonds is 11. The minimum absolute atomic E-state index is 0. The zero-order valence-corrected chi connectivity index (χ0v) is 20.6. The molecule has 0 aliphatic rings. The summed E-state index contributed by atoms with van der Waals surface area (Å²) in [5.74, 6) is 1.87. The molecule has 1 heterocycles. The van der Waals surface area contributed by atoms with Gasteiger partial charge in [0.15, 0.2) is 5.96 Å². The van der Waals surface area contributed by atoms with E-state index < -0.39 is 0 Å². The summed E-state index contributed by atoms with van der Waals surface area (Å²) in [4.78, 5) is 4.83. The van der Waals surface area contributed by atoms with Gasteiger partial charge in [0.25, 0.3) is 0 Å². The molecule has 0 spiro atoms. The van der Waals surface area contributed by atoms with Crippen LogP contribution in [0.15, 0.2) is 41.7 Å². The number of benzene rings is 1. The molecule has 2 unspecified atom stereocenters. The Labute approximate surface area is 193 Å². The molecule has 0 amide bonds.